The van der Waals surface area contributed by atoms with Crippen LogP contribution in [-0.2, 0) is 0 Å². The smallest absolute Gasteiger partial charge is 0.191 e. The van der Waals surface area contributed by atoms with Gasteiger partial charge in [0.1, 0.15) is 0 Å². The highest BCUT2D eigenvalue weighted by Crippen LogP contribution is 1.80. The average Bonchev–Trinajstić information content (AvgIpc) is 2.25. The molecule has 0 aliphatic carbocycles. The van der Waals surface area contributed by atoms with Crippen LogP contribution in [-0.4, -0.2) is 50.6 Å². The van der Waals surface area contributed by atoms with Crippen molar-refractivity contribution in [2.75, 3.05) is 39.8 Å². The molecule has 0 aromatic heterocycles. The van der Waals surface area contributed by atoms with Crippen molar-refractivity contribution in [3.8, 4) is 0 Å². The molecule has 0 rings (SSSR count). The maximum Gasteiger partial charge on any atom is 0.191 e. The van der Waals surface area contributed by atoms with Crippen LogP contribution < -0.4 is 10.6 Å². The fraction of sp³-hybridized carbons (Fsp3) is 0.909. The number of aliphatic imine (C=N–C) groups is 1. The first-order valence-electron chi connectivity index (χ1n) is 5.95. The van der Waals surface area contributed by atoms with Gasteiger partial charge in [-0.05, 0) is 26.9 Å². The summed E-state index contributed by atoms with van der Waals surface area (Å²) >= 11 is 0. The highest BCUT2D eigenvalue weighted by atomic mass is 15.2. The number of nitrogens with zero attached hydrogens (tertiary/aromatic N) is 2. The first-order valence-corrected chi connectivity index (χ1v) is 5.95. The number of guanidine groups is 1. The molecular weight excluding hydrogens is 188 g/mol. The zero-order chi connectivity index (χ0) is 11.5. The largest absolute Gasteiger partial charge is 0.357 e. The van der Waals surface area contributed by atoms with Gasteiger partial charge in [-0.3, -0.25) is 4.99 Å². The van der Waals surface area contributed by atoms with Crippen LogP contribution in [0.5, 0.6) is 0 Å². The molecule has 0 bridgehead atoms. The van der Waals surface area contributed by atoms with Crippen molar-refractivity contribution in [1.82, 2.24) is 15.5 Å². The molecule has 15 heavy (non-hydrogen) atoms. The normalized spacial score (nSPS) is 11.9. The van der Waals surface area contributed by atoms with Gasteiger partial charge in [0, 0.05) is 26.2 Å². The Hall–Kier alpha value is -0.770. The van der Waals surface area contributed by atoms with Crippen LogP contribution in [0.15, 0.2) is 4.99 Å². The van der Waals surface area contributed by atoms with Crippen molar-refractivity contribution >= 4 is 5.96 Å². The molecule has 0 aliphatic rings. The van der Waals surface area contributed by atoms with Crippen molar-refractivity contribution in [3.63, 3.8) is 0 Å². The van der Waals surface area contributed by atoms with E-state index in [1.54, 1.807) is 0 Å². The number of rotatable bonds is 7. The van der Waals surface area contributed by atoms with Gasteiger partial charge in [0.05, 0.1) is 0 Å². The molecule has 0 amide bonds. The SMILES string of the molecule is CCCN=C(NCC)NCCN(C)CC. The minimum absolute atomic E-state index is 0.888. The molecule has 0 atom stereocenters. The predicted molar refractivity (Wildman–Crippen MR) is 67.4 cm³/mol. The van der Waals surface area contributed by atoms with E-state index in [1.165, 1.54) is 0 Å². The molecule has 0 saturated carbocycles. The Balaban J connectivity index is 3.75. The monoisotopic (exact) mass is 214 g/mol. The molecule has 0 fully saturated rings. The Morgan fingerprint density at radius 3 is 2.47 bits per heavy atom. The standard InChI is InChI=1S/C11H26N4/c1-5-8-13-11(12-6-2)14-9-10-15(4)7-3/h5-10H2,1-4H3,(H2,12,13,14). The lowest BCUT2D eigenvalue weighted by Crippen LogP contribution is -2.41. The van der Waals surface area contributed by atoms with Gasteiger partial charge >= 0.3 is 0 Å². The molecular formula is C11H26N4. The Labute approximate surface area is 94.1 Å². The Bertz CT molecular complexity index is 168. The molecule has 0 unspecified atom stereocenters. The number of hydrogen-bond acceptors (Lipinski definition) is 2. The zero-order valence-electron chi connectivity index (χ0n) is 10.6. The van der Waals surface area contributed by atoms with Crippen molar-refractivity contribution in [2.24, 2.45) is 4.99 Å². The first kappa shape index (κ1) is 14.2. The molecule has 4 heteroatoms. The van der Waals surface area contributed by atoms with E-state index in [0.717, 1.165) is 45.1 Å². The minimum Gasteiger partial charge on any atom is -0.357 e. The Morgan fingerprint density at radius 1 is 1.20 bits per heavy atom. The summed E-state index contributed by atoms with van der Waals surface area (Å²) in [5, 5.41) is 6.55. The summed E-state index contributed by atoms with van der Waals surface area (Å²) < 4.78 is 0. The van der Waals surface area contributed by atoms with E-state index >= 15 is 0 Å². The third-order valence-electron chi connectivity index (χ3n) is 2.16. The second-order valence-electron chi connectivity index (χ2n) is 3.58. The molecule has 0 aromatic carbocycles. The van der Waals surface area contributed by atoms with Gasteiger partial charge in [0.2, 0.25) is 0 Å². The third-order valence-corrected chi connectivity index (χ3v) is 2.16. The fourth-order valence-electron chi connectivity index (χ4n) is 1.09. The van der Waals surface area contributed by atoms with E-state index in [0.29, 0.717) is 0 Å². The first-order chi connectivity index (χ1) is 7.24. The summed E-state index contributed by atoms with van der Waals surface area (Å²) in [6, 6.07) is 0. The molecule has 0 aliphatic heterocycles. The van der Waals surface area contributed by atoms with Gasteiger partial charge in [-0.15, -0.1) is 0 Å². The van der Waals surface area contributed by atoms with Crippen LogP contribution in [0.3, 0.4) is 0 Å². The summed E-state index contributed by atoms with van der Waals surface area (Å²) in [4.78, 5) is 6.70. The zero-order valence-corrected chi connectivity index (χ0v) is 10.6. The highest BCUT2D eigenvalue weighted by Gasteiger charge is 1.97. The summed E-state index contributed by atoms with van der Waals surface area (Å²) in [6.45, 7) is 11.3. The van der Waals surface area contributed by atoms with Gasteiger partial charge in [-0.2, -0.15) is 0 Å². The lowest BCUT2D eigenvalue weighted by molar-refractivity contribution is 0.357. The second-order valence-corrected chi connectivity index (χ2v) is 3.58. The van der Waals surface area contributed by atoms with Gasteiger partial charge in [0.25, 0.3) is 0 Å². The van der Waals surface area contributed by atoms with E-state index in [4.69, 9.17) is 0 Å². The van der Waals surface area contributed by atoms with Crippen LogP contribution in [0.4, 0.5) is 0 Å². The fourth-order valence-corrected chi connectivity index (χ4v) is 1.09. The second kappa shape index (κ2) is 9.77. The van der Waals surface area contributed by atoms with Crippen LogP contribution in [0, 0.1) is 0 Å². The van der Waals surface area contributed by atoms with Gasteiger partial charge in [-0.1, -0.05) is 13.8 Å². The molecule has 0 spiro atoms. The minimum atomic E-state index is 0.888. The van der Waals surface area contributed by atoms with E-state index < -0.39 is 0 Å². The summed E-state index contributed by atoms with van der Waals surface area (Å²) in [5.41, 5.74) is 0. The van der Waals surface area contributed by atoms with Crippen LogP contribution in [0.25, 0.3) is 0 Å². The maximum atomic E-state index is 4.43. The summed E-state index contributed by atoms with van der Waals surface area (Å²) in [6.07, 6.45) is 1.09. The average molecular weight is 214 g/mol. The lowest BCUT2D eigenvalue weighted by Gasteiger charge is -2.16. The molecule has 0 heterocycles. The van der Waals surface area contributed by atoms with E-state index in [1.807, 2.05) is 0 Å². The van der Waals surface area contributed by atoms with E-state index in [2.05, 4.69) is 48.3 Å². The predicted octanol–water partition coefficient (Wildman–Crippen LogP) is 0.903. The Kier molecular flexibility index (Phi) is 9.27. The quantitative estimate of drug-likeness (QED) is 0.489. The van der Waals surface area contributed by atoms with Crippen LogP contribution in [0.1, 0.15) is 27.2 Å². The third kappa shape index (κ3) is 8.24. The lowest BCUT2D eigenvalue weighted by atomic mass is 10.5. The van der Waals surface area contributed by atoms with Crippen molar-refractivity contribution in [1.29, 1.82) is 0 Å². The highest BCUT2D eigenvalue weighted by molar-refractivity contribution is 5.79. The molecule has 0 aromatic rings. The maximum absolute atomic E-state index is 4.43. The molecule has 0 saturated heterocycles. The molecule has 2 N–H and O–H groups in total. The van der Waals surface area contributed by atoms with Crippen molar-refractivity contribution < 1.29 is 0 Å². The number of hydrogen-bond donors (Lipinski definition) is 2. The topological polar surface area (TPSA) is 39.7 Å². The summed E-state index contributed by atoms with van der Waals surface area (Å²) in [7, 11) is 2.12. The van der Waals surface area contributed by atoms with Crippen LogP contribution >= 0.6 is 0 Å². The number of likely N-dealkylation sites (N-methyl/N-ethyl adjacent to an activating group) is 1. The molecule has 0 radical (unpaired) electrons. The van der Waals surface area contributed by atoms with Crippen LogP contribution in [0.2, 0.25) is 0 Å². The molecule has 4 nitrogen and oxygen atoms in total. The van der Waals surface area contributed by atoms with E-state index in [-0.39, 0.29) is 0 Å². The van der Waals surface area contributed by atoms with Gasteiger partial charge in [-0.25, -0.2) is 0 Å². The number of nitrogens with one attached hydrogen (secondary N) is 2. The summed E-state index contributed by atoms with van der Waals surface area (Å²) in [5.74, 6) is 0.934. The Morgan fingerprint density at radius 2 is 1.93 bits per heavy atom. The van der Waals surface area contributed by atoms with Gasteiger partial charge < -0.3 is 15.5 Å². The van der Waals surface area contributed by atoms with E-state index in [9.17, 15) is 0 Å². The molecule has 90 valence electrons. The van der Waals surface area contributed by atoms with Crippen molar-refractivity contribution in [2.45, 2.75) is 27.2 Å². The van der Waals surface area contributed by atoms with Crippen molar-refractivity contribution in [3.05, 3.63) is 0 Å². The van der Waals surface area contributed by atoms with Gasteiger partial charge in [0.15, 0.2) is 5.96 Å².